The average Bonchev–Trinajstić information content (AvgIpc) is 2.37. The second kappa shape index (κ2) is 6.11. The molecule has 5 heteroatoms. The van der Waals surface area contributed by atoms with Gasteiger partial charge in [-0.2, -0.15) is 0 Å². The lowest BCUT2D eigenvalue weighted by molar-refractivity contribution is 0.102. The van der Waals surface area contributed by atoms with Gasteiger partial charge >= 0.3 is 0 Å². The molecule has 1 N–H and O–H groups in total. The Balaban J connectivity index is 2.28. The number of hydrogen-bond acceptors (Lipinski definition) is 1. The van der Waals surface area contributed by atoms with Gasteiger partial charge in [-0.1, -0.05) is 35.3 Å². The summed E-state index contributed by atoms with van der Waals surface area (Å²) in [5, 5.41) is 3.89. The molecule has 0 unspecified atom stereocenters. The minimum Gasteiger partial charge on any atom is -0.320 e. The molecular formula is C14H10Cl2INO. The molecule has 0 saturated heterocycles. The summed E-state index contributed by atoms with van der Waals surface area (Å²) in [5.41, 5.74) is 2.05. The number of rotatable bonds is 2. The summed E-state index contributed by atoms with van der Waals surface area (Å²) in [4.78, 5) is 12.2. The van der Waals surface area contributed by atoms with E-state index in [9.17, 15) is 4.79 Å². The van der Waals surface area contributed by atoms with E-state index in [4.69, 9.17) is 23.2 Å². The second-order valence-electron chi connectivity index (χ2n) is 4.01. The van der Waals surface area contributed by atoms with Gasteiger partial charge in [0.25, 0.3) is 5.91 Å². The Bertz CT molecular complexity index is 623. The lowest BCUT2D eigenvalue weighted by Crippen LogP contribution is -2.13. The van der Waals surface area contributed by atoms with Crippen molar-refractivity contribution in [1.82, 2.24) is 0 Å². The lowest BCUT2D eigenvalue weighted by Gasteiger charge is -2.10. The molecule has 2 rings (SSSR count). The van der Waals surface area contributed by atoms with Crippen molar-refractivity contribution in [2.45, 2.75) is 6.92 Å². The highest BCUT2D eigenvalue weighted by atomic mass is 127. The smallest absolute Gasteiger partial charge is 0.255 e. The zero-order chi connectivity index (χ0) is 14.0. The van der Waals surface area contributed by atoms with Crippen molar-refractivity contribution >= 4 is 57.4 Å². The van der Waals surface area contributed by atoms with Crippen molar-refractivity contribution in [3.05, 3.63) is 61.1 Å². The molecule has 0 aromatic heterocycles. The van der Waals surface area contributed by atoms with Crippen LogP contribution in [0.3, 0.4) is 0 Å². The number of benzene rings is 2. The van der Waals surface area contributed by atoms with Crippen molar-refractivity contribution in [3.8, 4) is 0 Å². The standard InChI is InChI=1S/C14H10Cl2INO/c1-8-3-2-4-10(15)13(8)18-14(19)9-5-6-12(17)11(16)7-9/h2-7H,1H3,(H,18,19). The zero-order valence-electron chi connectivity index (χ0n) is 10.0. The second-order valence-corrected chi connectivity index (χ2v) is 5.99. The summed E-state index contributed by atoms with van der Waals surface area (Å²) >= 11 is 14.2. The summed E-state index contributed by atoms with van der Waals surface area (Å²) < 4.78 is 0.907. The minimum atomic E-state index is -0.227. The van der Waals surface area contributed by atoms with Crippen LogP contribution in [0, 0.1) is 10.5 Å². The van der Waals surface area contributed by atoms with E-state index >= 15 is 0 Å². The van der Waals surface area contributed by atoms with Crippen molar-refractivity contribution in [1.29, 1.82) is 0 Å². The highest BCUT2D eigenvalue weighted by Gasteiger charge is 2.11. The fourth-order valence-corrected chi connectivity index (χ4v) is 2.40. The molecule has 2 aromatic carbocycles. The number of nitrogens with one attached hydrogen (secondary N) is 1. The van der Waals surface area contributed by atoms with Gasteiger partial charge in [0, 0.05) is 9.13 Å². The molecule has 0 aliphatic rings. The highest BCUT2D eigenvalue weighted by molar-refractivity contribution is 14.1. The van der Waals surface area contributed by atoms with Gasteiger partial charge in [-0.3, -0.25) is 4.79 Å². The Morgan fingerprint density at radius 3 is 2.53 bits per heavy atom. The summed E-state index contributed by atoms with van der Waals surface area (Å²) in [7, 11) is 0. The third kappa shape index (κ3) is 3.41. The van der Waals surface area contributed by atoms with E-state index in [2.05, 4.69) is 27.9 Å². The SMILES string of the molecule is Cc1cccc(Cl)c1NC(=O)c1ccc(I)c(Cl)c1. The van der Waals surface area contributed by atoms with Crippen LogP contribution < -0.4 is 5.32 Å². The van der Waals surface area contributed by atoms with Crippen LogP contribution in [0.2, 0.25) is 10.0 Å². The Hall–Kier alpha value is -0.780. The number of amides is 1. The van der Waals surface area contributed by atoms with Crippen molar-refractivity contribution in [3.63, 3.8) is 0 Å². The zero-order valence-corrected chi connectivity index (χ0v) is 13.7. The fourth-order valence-electron chi connectivity index (χ4n) is 1.61. The first kappa shape index (κ1) is 14.6. The van der Waals surface area contributed by atoms with Gasteiger partial charge in [-0.05, 0) is 59.3 Å². The lowest BCUT2D eigenvalue weighted by atomic mass is 10.1. The third-order valence-electron chi connectivity index (χ3n) is 2.64. The van der Waals surface area contributed by atoms with Gasteiger partial charge in [0.15, 0.2) is 0 Å². The summed E-state index contributed by atoms with van der Waals surface area (Å²) in [6.45, 7) is 1.89. The molecular weight excluding hydrogens is 396 g/mol. The fraction of sp³-hybridized carbons (Fsp3) is 0.0714. The maximum absolute atomic E-state index is 12.2. The largest absolute Gasteiger partial charge is 0.320 e. The summed E-state index contributed by atoms with van der Waals surface area (Å²) in [6.07, 6.45) is 0. The molecule has 0 radical (unpaired) electrons. The van der Waals surface area contributed by atoms with Gasteiger partial charge in [0.05, 0.1) is 15.7 Å². The molecule has 2 aromatic rings. The Kier molecular flexibility index (Phi) is 4.71. The topological polar surface area (TPSA) is 29.1 Å². The van der Waals surface area contributed by atoms with E-state index < -0.39 is 0 Å². The number of hydrogen-bond donors (Lipinski definition) is 1. The van der Waals surface area contributed by atoms with Crippen LogP contribution in [0.15, 0.2) is 36.4 Å². The molecule has 0 bridgehead atoms. The molecule has 0 saturated carbocycles. The van der Waals surface area contributed by atoms with Gasteiger partial charge < -0.3 is 5.32 Å². The minimum absolute atomic E-state index is 0.227. The maximum atomic E-state index is 12.2. The molecule has 1 amide bonds. The first-order valence-corrected chi connectivity index (χ1v) is 7.34. The van der Waals surface area contributed by atoms with E-state index in [0.717, 1.165) is 9.13 Å². The first-order chi connectivity index (χ1) is 8.99. The van der Waals surface area contributed by atoms with Crippen molar-refractivity contribution < 1.29 is 4.79 Å². The number of carbonyl (C=O) groups is 1. The molecule has 0 fully saturated rings. The van der Waals surface area contributed by atoms with Crippen molar-refractivity contribution in [2.24, 2.45) is 0 Å². The number of carbonyl (C=O) groups excluding carboxylic acids is 1. The Morgan fingerprint density at radius 1 is 1.16 bits per heavy atom. The molecule has 0 spiro atoms. The molecule has 0 heterocycles. The predicted octanol–water partition coefficient (Wildman–Crippen LogP) is 5.16. The van der Waals surface area contributed by atoms with E-state index in [1.165, 1.54) is 0 Å². The van der Waals surface area contributed by atoms with Crippen LogP contribution in [0.1, 0.15) is 15.9 Å². The highest BCUT2D eigenvalue weighted by Crippen LogP contribution is 2.26. The van der Waals surface area contributed by atoms with E-state index in [0.29, 0.717) is 21.3 Å². The van der Waals surface area contributed by atoms with E-state index in [1.807, 2.05) is 19.1 Å². The summed E-state index contributed by atoms with van der Waals surface area (Å²) in [5.74, 6) is -0.227. The average molecular weight is 406 g/mol. The van der Waals surface area contributed by atoms with Crippen LogP contribution in [0.25, 0.3) is 0 Å². The number of halogens is 3. The number of aryl methyl sites for hydroxylation is 1. The molecule has 0 aliphatic carbocycles. The van der Waals surface area contributed by atoms with Crippen LogP contribution in [0.4, 0.5) is 5.69 Å². The molecule has 19 heavy (non-hydrogen) atoms. The molecule has 0 aliphatic heterocycles. The van der Waals surface area contributed by atoms with Crippen LogP contribution in [-0.4, -0.2) is 5.91 Å². The maximum Gasteiger partial charge on any atom is 0.255 e. The molecule has 0 atom stereocenters. The molecule has 98 valence electrons. The third-order valence-corrected chi connectivity index (χ3v) is 4.53. The van der Waals surface area contributed by atoms with Gasteiger partial charge in [-0.25, -0.2) is 0 Å². The Labute approximate surface area is 135 Å². The Morgan fingerprint density at radius 2 is 1.89 bits per heavy atom. The molecule has 2 nitrogen and oxygen atoms in total. The van der Waals surface area contributed by atoms with Crippen LogP contribution >= 0.6 is 45.8 Å². The predicted molar refractivity (Wildman–Crippen MR) is 88.3 cm³/mol. The quantitative estimate of drug-likeness (QED) is 0.687. The van der Waals surface area contributed by atoms with E-state index in [1.54, 1.807) is 24.3 Å². The van der Waals surface area contributed by atoms with Gasteiger partial charge in [0.1, 0.15) is 0 Å². The first-order valence-electron chi connectivity index (χ1n) is 5.50. The van der Waals surface area contributed by atoms with Gasteiger partial charge in [0.2, 0.25) is 0 Å². The normalized spacial score (nSPS) is 10.3. The van der Waals surface area contributed by atoms with Crippen LogP contribution in [-0.2, 0) is 0 Å². The van der Waals surface area contributed by atoms with Crippen LogP contribution in [0.5, 0.6) is 0 Å². The summed E-state index contributed by atoms with van der Waals surface area (Å²) in [6, 6.07) is 10.7. The number of para-hydroxylation sites is 1. The monoisotopic (exact) mass is 405 g/mol. The number of anilines is 1. The van der Waals surface area contributed by atoms with Gasteiger partial charge in [-0.15, -0.1) is 0 Å². The van der Waals surface area contributed by atoms with E-state index in [-0.39, 0.29) is 5.91 Å². The van der Waals surface area contributed by atoms with Crippen molar-refractivity contribution in [2.75, 3.05) is 5.32 Å².